The van der Waals surface area contributed by atoms with Crippen molar-refractivity contribution in [2.45, 2.75) is 6.92 Å². The molecule has 5 heteroatoms. The maximum absolute atomic E-state index is 11.0. The highest BCUT2D eigenvalue weighted by molar-refractivity contribution is 7.53. The Morgan fingerprint density at radius 1 is 1.67 bits per heavy atom. The van der Waals surface area contributed by atoms with Gasteiger partial charge in [-0.1, -0.05) is 13.0 Å². The van der Waals surface area contributed by atoms with Crippen LogP contribution in [0.2, 0.25) is 0 Å². The van der Waals surface area contributed by atoms with Gasteiger partial charge in [0.1, 0.15) is 0 Å². The molecule has 1 heterocycles. The molecule has 0 saturated carbocycles. The van der Waals surface area contributed by atoms with E-state index in [2.05, 4.69) is 4.98 Å². The summed E-state index contributed by atoms with van der Waals surface area (Å²) in [6, 6.07) is 4.94. The lowest BCUT2D eigenvalue weighted by Crippen LogP contribution is -1.95. The molecule has 12 heavy (non-hydrogen) atoms. The summed E-state index contributed by atoms with van der Waals surface area (Å²) in [6.07, 6.45) is 1.59. The summed E-state index contributed by atoms with van der Waals surface area (Å²) >= 11 is 0. The highest BCUT2D eigenvalue weighted by Gasteiger charge is 2.17. The molecule has 1 aromatic rings. The second kappa shape index (κ2) is 3.70. The van der Waals surface area contributed by atoms with Crippen molar-refractivity contribution in [3.63, 3.8) is 0 Å². The standard InChI is InChI=1S/C7H10NO3P/c1-2-12(9,10)11-7-5-3-4-6-8-7/h3-6H,2H2,1H3,(H,9,10). The molecule has 1 unspecified atom stereocenters. The minimum atomic E-state index is -3.46. The summed E-state index contributed by atoms with van der Waals surface area (Å²) in [5, 5.41) is 0. The molecule has 0 fully saturated rings. The summed E-state index contributed by atoms with van der Waals surface area (Å²) in [7, 11) is -3.46. The molecule has 0 aliphatic carbocycles. The third kappa shape index (κ3) is 2.64. The van der Waals surface area contributed by atoms with E-state index in [-0.39, 0.29) is 12.0 Å². The Morgan fingerprint density at radius 2 is 2.42 bits per heavy atom. The zero-order valence-corrected chi connectivity index (χ0v) is 7.57. The highest BCUT2D eigenvalue weighted by Crippen LogP contribution is 2.40. The average molecular weight is 187 g/mol. The van der Waals surface area contributed by atoms with Crippen LogP contribution in [-0.4, -0.2) is 16.0 Å². The highest BCUT2D eigenvalue weighted by atomic mass is 31.2. The molecule has 0 bridgehead atoms. The second-order valence-electron chi connectivity index (χ2n) is 2.21. The maximum Gasteiger partial charge on any atom is 0.377 e. The number of hydrogen-bond donors (Lipinski definition) is 1. The van der Waals surface area contributed by atoms with Crippen LogP contribution in [0.4, 0.5) is 0 Å². The molecule has 1 rings (SSSR count). The van der Waals surface area contributed by atoms with E-state index in [1.165, 1.54) is 6.20 Å². The molecule has 0 radical (unpaired) electrons. The van der Waals surface area contributed by atoms with Crippen LogP contribution in [0.5, 0.6) is 5.88 Å². The van der Waals surface area contributed by atoms with E-state index in [1.807, 2.05) is 0 Å². The molecule has 1 atom stereocenters. The van der Waals surface area contributed by atoms with Crippen LogP contribution >= 0.6 is 7.60 Å². The Morgan fingerprint density at radius 3 is 2.92 bits per heavy atom. The van der Waals surface area contributed by atoms with Gasteiger partial charge in [-0.3, -0.25) is 0 Å². The Kier molecular flexibility index (Phi) is 2.84. The van der Waals surface area contributed by atoms with Gasteiger partial charge in [0, 0.05) is 12.3 Å². The number of aromatic nitrogens is 1. The largest absolute Gasteiger partial charge is 0.406 e. The van der Waals surface area contributed by atoms with Gasteiger partial charge in [-0.05, 0) is 6.07 Å². The predicted octanol–water partition coefficient (Wildman–Crippen LogP) is 1.67. The summed E-state index contributed by atoms with van der Waals surface area (Å²) in [5.41, 5.74) is 0. The van der Waals surface area contributed by atoms with Gasteiger partial charge in [0.05, 0.1) is 6.16 Å². The maximum atomic E-state index is 11.0. The zero-order chi connectivity index (χ0) is 9.03. The van der Waals surface area contributed by atoms with Crippen LogP contribution in [0.1, 0.15) is 6.92 Å². The molecule has 1 aromatic heterocycles. The molecule has 0 amide bonds. The monoisotopic (exact) mass is 187 g/mol. The average Bonchev–Trinajstić information content (AvgIpc) is 2.06. The van der Waals surface area contributed by atoms with E-state index in [1.54, 1.807) is 25.1 Å². The Hall–Kier alpha value is -0.860. The van der Waals surface area contributed by atoms with E-state index < -0.39 is 7.60 Å². The lowest BCUT2D eigenvalue weighted by molar-refractivity contribution is 0.375. The van der Waals surface area contributed by atoms with Gasteiger partial charge < -0.3 is 9.42 Å². The molecule has 0 aliphatic rings. The lowest BCUT2D eigenvalue weighted by atomic mass is 10.5. The van der Waals surface area contributed by atoms with Gasteiger partial charge >= 0.3 is 7.60 Å². The van der Waals surface area contributed by atoms with Crippen molar-refractivity contribution in [2.24, 2.45) is 0 Å². The number of nitrogens with zero attached hydrogens (tertiary/aromatic N) is 1. The van der Waals surface area contributed by atoms with Gasteiger partial charge in [-0.25, -0.2) is 9.55 Å². The van der Waals surface area contributed by atoms with Crippen molar-refractivity contribution in [3.8, 4) is 5.88 Å². The SMILES string of the molecule is CCP(=O)(O)Oc1ccccn1. The fraction of sp³-hybridized carbons (Fsp3) is 0.286. The smallest absolute Gasteiger partial charge is 0.377 e. The summed E-state index contributed by atoms with van der Waals surface area (Å²) in [6.45, 7) is 1.59. The molecule has 0 aromatic carbocycles. The van der Waals surface area contributed by atoms with E-state index in [0.717, 1.165) is 0 Å². The van der Waals surface area contributed by atoms with Gasteiger partial charge in [-0.15, -0.1) is 0 Å². The molecule has 0 saturated heterocycles. The quantitative estimate of drug-likeness (QED) is 0.731. The molecular formula is C7H10NO3P. The lowest BCUT2D eigenvalue weighted by Gasteiger charge is -2.09. The molecular weight excluding hydrogens is 177 g/mol. The van der Waals surface area contributed by atoms with Crippen LogP contribution in [0.15, 0.2) is 24.4 Å². The molecule has 1 N–H and O–H groups in total. The summed E-state index contributed by atoms with van der Waals surface area (Å²) < 4.78 is 15.8. The fourth-order valence-corrected chi connectivity index (χ4v) is 1.14. The minimum absolute atomic E-state index is 0.0869. The number of rotatable bonds is 3. The van der Waals surface area contributed by atoms with E-state index >= 15 is 0 Å². The normalized spacial score (nSPS) is 15.2. The minimum Gasteiger partial charge on any atom is -0.406 e. The third-order valence-corrected chi connectivity index (χ3v) is 2.55. The van der Waals surface area contributed by atoms with Crippen LogP contribution in [0, 0.1) is 0 Å². The van der Waals surface area contributed by atoms with E-state index in [9.17, 15) is 4.57 Å². The summed E-state index contributed by atoms with van der Waals surface area (Å²) in [4.78, 5) is 12.8. The topological polar surface area (TPSA) is 59.4 Å². The van der Waals surface area contributed by atoms with Gasteiger partial charge in [0.25, 0.3) is 0 Å². The first-order valence-corrected chi connectivity index (χ1v) is 5.33. The Bertz CT molecular complexity index is 288. The Balaban J connectivity index is 2.71. The fourth-order valence-electron chi connectivity index (χ4n) is 0.612. The zero-order valence-electron chi connectivity index (χ0n) is 6.67. The predicted molar refractivity (Wildman–Crippen MR) is 45.2 cm³/mol. The molecule has 0 spiro atoms. The van der Waals surface area contributed by atoms with Crippen molar-refractivity contribution < 1.29 is 14.0 Å². The van der Waals surface area contributed by atoms with Crippen LogP contribution in [-0.2, 0) is 4.57 Å². The van der Waals surface area contributed by atoms with E-state index in [4.69, 9.17) is 9.42 Å². The Labute approximate surface area is 70.8 Å². The van der Waals surface area contributed by atoms with Gasteiger partial charge in [0.2, 0.25) is 5.88 Å². The van der Waals surface area contributed by atoms with Crippen molar-refractivity contribution in [2.75, 3.05) is 6.16 Å². The van der Waals surface area contributed by atoms with E-state index in [0.29, 0.717) is 0 Å². The summed E-state index contributed by atoms with van der Waals surface area (Å²) in [5.74, 6) is 0.185. The number of pyridine rings is 1. The van der Waals surface area contributed by atoms with Crippen molar-refractivity contribution in [3.05, 3.63) is 24.4 Å². The van der Waals surface area contributed by atoms with Crippen LogP contribution in [0.25, 0.3) is 0 Å². The van der Waals surface area contributed by atoms with Crippen molar-refractivity contribution in [1.82, 2.24) is 4.98 Å². The van der Waals surface area contributed by atoms with Crippen molar-refractivity contribution >= 4 is 7.60 Å². The van der Waals surface area contributed by atoms with Crippen LogP contribution in [0.3, 0.4) is 0 Å². The first-order valence-electron chi connectivity index (χ1n) is 3.56. The third-order valence-electron chi connectivity index (χ3n) is 1.27. The molecule has 4 nitrogen and oxygen atoms in total. The van der Waals surface area contributed by atoms with Gasteiger partial charge in [0.15, 0.2) is 0 Å². The first kappa shape index (κ1) is 9.23. The van der Waals surface area contributed by atoms with Crippen LogP contribution < -0.4 is 4.52 Å². The van der Waals surface area contributed by atoms with Crippen molar-refractivity contribution in [1.29, 1.82) is 0 Å². The number of hydrogen-bond acceptors (Lipinski definition) is 3. The molecule has 66 valence electrons. The van der Waals surface area contributed by atoms with Gasteiger partial charge in [-0.2, -0.15) is 0 Å². The second-order valence-corrected chi connectivity index (χ2v) is 4.30. The molecule has 0 aliphatic heterocycles. The first-order chi connectivity index (χ1) is 5.64.